The Balaban J connectivity index is 1.32. The quantitative estimate of drug-likeness (QED) is 0.0593. The van der Waals surface area contributed by atoms with Gasteiger partial charge in [-0.05, 0) is 185 Å². The summed E-state index contributed by atoms with van der Waals surface area (Å²) in [5.41, 5.74) is 0. The van der Waals surface area contributed by atoms with Gasteiger partial charge in [-0.15, -0.1) is 0 Å². The summed E-state index contributed by atoms with van der Waals surface area (Å²) in [5.74, 6) is 1.66. The summed E-state index contributed by atoms with van der Waals surface area (Å²) in [5, 5.41) is 0. The molecule has 0 N–H and O–H groups in total. The summed E-state index contributed by atoms with van der Waals surface area (Å²) in [4.78, 5) is 23.9. The molecule has 0 saturated heterocycles. The zero-order valence-electron chi connectivity index (χ0n) is 25.5. The van der Waals surface area contributed by atoms with Crippen LogP contribution in [0.4, 0.5) is 0 Å². The minimum Gasteiger partial charge on any atom is -0.491 e. The SMILES string of the molecule is O=C(CCCCCCCCOc1c(I)cc(I)cc1I)OCCCOC(=O)CCCCCCCCOc1c(I)cc(I)cc1I. The molecule has 0 amide bonds. The molecule has 6 nitrogen and oxygen atoms in total. The summed E-state index contributed by atoms with van der Waals surface area (Å²) < 4.78 is 29.7. The van der Waals surface area contributed by atoms with Crippen LogP contribution in [-0.4, -0.2) is 38.4 Å². The first-order valence-electron chi connectivity index (χ1n) is 15.5. The molecule has 0 aliphatic carbocycles. The van der Waals surface area contributed by atoms with Crippen LogP contribution in [0.1, 0.15) is 96.3 Å². The highest BCUT2D eigenvalue weighted by Gasteiger charge is 2.10. The third kappa shape index (κ3) is 20.0. The van der Waals surface area contributed by atoms with Gasteiger partial charge in [0.25, 0.3) is 0 Å². The normalized spacial score (nSPS) is 11.0. The van der Waals surface area contributed by atoms with Crippen LogP contribution in [0.5, 0.6) is 11.5 Å². The maximum Gasteiger partial charge on any atom is 0.305 e. The highest BCUT2D eigenvalue weighted by molar-refractivity contribution is 14.1. The summed E-state index contributed by atoms with van der Waals surface area (Å²) in [6, 6.07) is 8.54. The lowest BCUT2D eigenvalue weighted by atomic mass is 10.1. The molecule has 12 heteroatoms. The molecular formula is C33H42I6O6. The summed E-state index contributed by atoms with van der Waals surface area (Å²) in [6.45, 7) is 2.08. The van der Waals surface area contributed by atoms with Gasteiger partial charge in [-0.2, -0.15) is 0 Å². The Morgan fingerprint density at radius 1 is 0.422 bits per heavy atom. The number of hydrogen-bond donors (Lipinski definition) is 0. The Bertz CT molecular complexity index is 1040. The second-order valence-electron chi connectivity index (χ2n) is 10.6. The number of carbonyl (C=O) groups is 2. The molecule has 0 bridgehead atoms. The van der Waals surface area contributed by atoms with E-state index in [1.54, 1.807) is 0 Å². The first-order chi connectivity index (χ1) is 21.7. The van der Waals surface area contributed by atoms with Crippen molar-refractivity contribution in [1.29, 1.82) is 0 Å². The van der Waals surface area contributed by atoms with Gasteiger partial charge in [0.1, 0.15) is 11.5 Å². The third-order valence-corrected chi connectivity index (χ3v) is 11.2. The molecule has 252 valence electrons. The first-order valence-corrected chi connectivity index (χ1v) is 22.0. The highest BCUT2D eigenvalue weighted by Crippen LogP contribution is 2.31. The zero-order valence-corrected chi connectivity index (χ0v) is 38.4. The summed E-state index contributed by atoms with van der Waals surface area (Å²) >= 11 is 14.0. The predicted octanol–water partition coefficient (Wildman–Crippen LogP) is 11.7. The van der Waals surface area contributed by atoms with Gasteiger partial charge in [-0.3, -0.25) is 9.59 Å². The molecule has 0 saturated carbocycles. The van der Waals surface area contributed by atoms with Crippen LogP contribution in [0, 0.1) is 21.4 Å². The number of unbranched alkanes of at least 4 members (excludes halogenated alkanes) is 10. The van der Waals surface area contributed by atoms with Crippen molar-refractivity contribution in [3.63, 3.8) is 0 Å². The van der Waals surface area contributed by atoms with Crippen molar-refractivity contribution in [3.05, 3.63) is 45.7 Å². The molecule has 0 unspecified atom stereocenters. The average molecular weight is 1300 g/mol. The van der Waals surface area contributed by atoms with Crippen LogP contribution in [-0.2, 0) is 19.1 Å². The van der Waals surface area contributed by atoms with E-state index in [1.807, 2.05) is 0 Å². The van der Waals surface area contributed by atoms with Gasteiger partial charge in [0.15, 0.2) is 0 Å². The number of ether oxygens (including phenoxy) is 4. The van der Waals surface area contributed by atoms with Gasteiger partial charge in [0.05, 0.1) is 40.7 Å². The molecule has 2 aromatic rings. The standard InChI is InChI=1S/C33H42I6O6/c34-24-20-26(36)32(27(37)21-24)44-16-11-7-3-1-5-9-14-30(40)42-18-13-19-43-31(41)15-10-6-2-4-8-12-17-45-33-28(38)22-25(35)23-29(33)39/h20-23H,1-19H2. The van der Waals surface area contributed by atoms with Crippen LogP contribution in [0.2, 0.25) is 0 Å². The lowest BCUT2D eigenvalue weighted by Crippen LogP contribution is -2.10. The van der Waals surface area contributed by atoms with E-state index in [0.717, 1.165) is 116 Å². The molecule has 0 heterocycles. The molecule has 0 fully saturated rings. The van der Waals surface area contributed by atoms with Gasteiger partial charge < -0.3 is 18.9 Å². The van der Waals surface area contributed by atoms with Crippen molar-refractivity contribution in [2.75, 3.05) is 26.4 Å². The van der Waals surface area contributed by atoms with Crippen molar-refractivity contribution in [2.45, 2.75) is 96.3 Å². The number of halogens is 6. The fraction of sp³-hybridized carbons (Fsp3) is 0.576. The average Bonchev–Trinajstić information content (AvgIpc) is 2.97. The first kappa shape index (κ1) is 42.5. The minimum absolute atomic E-state index is 0.164. The topological polar surface area (TPSA) is 71.1 Å². The van der Waals surface area contributed by atoms with Crippen molar-refractivity contribution in [1.82, 2.24) is 0 Å². The van der Waals surface area contributed by atoms with Crippen LogP contribution < -0.4 is 9.47 Å². The lowest BCUT2D eigenvalue weighted by Gasteiger charge is -2.11. The number of rotatable bonds is 24. The molecule has 0 spiro atoms. The minimum atomic E-state index is -0.164. The van der Waals surface area contributed by atoms with Gasteiger partial charge in [0, 0.05) is 26.4 Å². The fourth-order valence-corrected chi connectivity index (χ4v) is 12.2. The summed E-state index contributed by atoms with van der Waals surface area (Å²) in [7, 11) is 0. The lowest BCUT2D eigenvalue weighted by molar-refractivity contribution is -0.146. The predicted molar refractivity (Wildman–Crippen MR) is 231 cm³/mol. The van der Waals surface area contributed by atoms with Gasteiger partial charge in [-0.1, -0.05) is 51.4 Å². The largest absolute Gasteiger partial charge is 0.491 e. The van der Waals surface area contributed by atoms with Crippen molar-refractivity contribution < 1.29 is 28.5 Å². The zero-order chi connectivity index (χ0) is 32.9. The molecule has 0 atom stereocenters. The van der Waals surface area contributed by atoms with E-state index in [9.17, 15) is 9.59 Å². The third-order valence-electron chi connectivity index (χ3n) is 6.78. The van der Waals surface area contributed by atoms with E-state index in [-0.39, 0.29) is 11.9 Å². The number of carbonyl (C=O) groups excluding carboxylic acids is 2. The smallest absolute Gasteiger partial charge is 0.305 e. The highest BCUT2D eigenvalue weighted by atomic mass is 127. The van der Waals surface area contributed by atoms with Crippen molar-refractivity contribution in [2.24, 2.45) is 0 Å². The van der Waals surface area contributed by atoms with Crippen LogP contribution >= 0.6 is 136 Å². The van der Waals surface area contributed by atoms with E-state index >= 15 is 0 Å². The van der Waals surface area contributed by atoms with Crippen LogP contribution in [0.25, 0.3) is 0 Å². The molecule has 45 heavy (non-hydrogen) atoms. The second kappa shape index (κ2) is 26.2. The molecule has 2 aromatic carbocycles. The number of hydrogen-bond acceptors (Lipinski definition) is 6. The maximum absolute atomic E-state index is 12.0. The molecular weight excluding hydrogens is 1250 g/mol. The molecule has 2 rings (SSSR count). The number of esters is 2. The molecule has 0 aromatic heterocycles. The van der Waals surface area contributed by atoms with Crippen LogP contribution in [0.3, 0.4) is 0 Å². The van der Waals surface area contributed by atoms with Gasteiger partial charge in [-0.25, -0.2) is 0 Å². The van der Waals surface area contributed by atoms with E-state index in [0.29, 0.717) is 32.5 Å². The van der Waals surface area contributed by atoms with E-state index < -0.39 is 0 Å². The van der Waals surface area contributed by atoms with E-state index in [1.165, 1.54) is 7.14 Å². The fourth-order valence-electron chi connectivity index (χ4n) is 4.41. The van der Waals surface area contributed by atoms with Gasteiger partial charge in [0.2, 0.25) is 0 Å². The Morgan fingerprint density at radius 3 is 1.09 bits per heavy atom. The molecule has 0 aliphatic rings. The van der Waals surface area contributed by atoms with E-state index in [2.05, 4.69) is 160 Å². The Labute approximate surface area is 351 Å². The molecule has 0 radical (unpaired) electrons. The Morgan fingerprint density at radius 2 is 0.733 bits per heavy atom. The van der Waals surface area contributed by atoms with Crippen molar-refractivity contribution in [3.8, 4) is 11.5 Å². The maximum atomic E-state index is 12.0. The monoisotopic (exact) mass is 1300 g/mol. The second-order valence-corrected chi connectivity index (χ2v) is 17.8. The van der Waals surface area contributed by atoms with Crippen molar-refractivity contribution >= 4 is 147 Å². The Kier molecular flexibility index (Phi) is 24.8. The number of benzene rings is 2. The van der Waals surface area contributed by atoms with Gasteiger partial charge >= 0.3 is 11.9 Å². The Hall–Kier alpha value is 1.36. The molecule has 0 aliphatic heterocycles. The summed E-state index contributed by atoms with van der Waals surface area (Å²) in [6.07, 6.45) is 14.1. The van der Waals surface area contributed by atoms with Crippen LogP contribution in [0.15, 0.2) is 24.3 Å². The van der Waals surface area contributed by atoms with E-state index in [4.69, 9.17) is 18.9 Å².